The highest BCUT2D eigenvalue weighted by atomic mass is 32.2. The highest BCUT2D eigenvalue weighted by Gasteiger charge is 2.21. The Morgan fingerprint density at radius 2 is 2.00 bits per heavy atom. The summed E-state index contributed by atoms with van der Waals surface area (Å²) in [5.74, 6) is 2.00. The maximum Gasteiger partial charge on any atom is 0.261 e. The molecule has 0 fully saturated rings. The van der Waals surface area contributed by atoms with E-state index >= 15 is 0 Å². The molecule has 0 aliphatic carbocycles. The Morgan fingerprint density at radius 3 is 2.81 bits per heavy atom. The van der Waals surface area contributed by atoms with E-state index in [4.69, 9.17) is 9.47 Å². The van der Waals surface area contributed by atoms with Gasteiger partial charge in [0.2, 0.25) is 5.91 Å². The average Bonchev–Trinajstić information content (AvgIpc) is 2.80. The topological polar surface area (TPSA) is 82.5 Å². The van der Waals surface area contributed by atoms with Crippen LogP contribution in [0.2, 0.25) is 0 Å². The SMILES string of the molecule is COc1cc2ncn(CCCC(=O)N[C@H]3CCSc4ccccc43)c(=O)c2cc1OC. The molecule has 1 N–H and O–H groups in total. The number of benzene rings is 2. The molecule has 0 unspecified atom stereocenters. The van der Waals surface area contributed by atoms with Crippen LogP contribution in [0.5, 0.6) is 11.5 Å². The standard InChI is InChI=1S/C23H25N3O4S/c1-29-19-12-16-18(13-20(19)30-2)24-14-26(23(16)28)10-5-8-22(27)25-17-9-11-31-21-7-4-3-6-15(17)21/h3-4,6-7,12-14,17H,5,8-11H2,1-2H3,(H,25,27)/t17-/m0/s1. The minimum absolute atomic E-state index is 0.0000870. The highest BCUT2D eigenvalue weighted by Crippen LogP contribution is 2.35. The van der Waals surface area contributed by atoms with Crippen molar-refractivity contribution in [1.29, 1.82) is 0 Å². The maximum atomic E-state index is 12.8. The van der Waals surface area contributed by atoms with E-state index in [0.29, 0.717) is 41.8 Å². The van der Waals surface area contributed by atoms with Crippen LogP contribution in [0, 0.1) is 0 Å². The van der Waals surface area contributed by atoms with Gasteiger partial charge in [0.1, 0.15) is 0 Å². The van der Waals surface area contributed by atoms with Crippen molar-refractivity contribution in [2.24, 2.45) is 0 Å². The van der Waals surface area contributed by atoms with Gasteiger partial charge >= 0.3 is 0 Å². The summed E-state index contributed by atoms with van der Waals surface area (Å²) < 4.78 is 12.1. The maximum absolute atomic E-state index is 12.8. The molecule has 0 saturated carbocycles. The number of hydrogen-bond acceptors (Lipinski definition) is 6. The largest absolute Gasteiger partial charge is 0.493 e. The summed E-state index contributed by atoms with van der Waals surface area (Å²) in [5, 5.41) is 3.61. The van der Waals surface area contributed by atoms with Crippen LogP contribution in [0.1, 0.15) is 30.9 Å². The first-order chi connectivity index (χ1) is 15.1. The predicted molar refractivity (Wildman–Crippen MR) is 121 cm³/mol. The lowest BCUT2D eigenvalue weighted by atomic mass is 10.0. The number of carbonyl (C=O) groups is 1. The number of carbonyl (C=O) groups excluding carboxylic acids is 1. The van der Waals surface area contributed by atoms with E-state index in [2.05, 4.69) is 22.4 Å². The van der Waals surface area contributed by atoms with Gasteiger partial charge in [-0.3, -0.25) is 14.2 Å². The van der Waals surface area contributed by atoms with Gasteiger partial charge in [-0.05, 0) is 30.5 Å². The molecule has 7 nitrogen and oxygen atoms in total. The first kappa shape index (κ1) is 21.2. The van der Waals surface area contributed by atoms with Gasteiger partial charge in [0.25, 0.3) is 5.56 Å². The number of ether oxygens (including phenoxy) is 2. The van der Waals surface area contributed by atoms with Gasteiger partial charge in [0.15, 0.2) is 11.5 Å². The van der Waals surface area contributed by atoms with Crippen LogP contribution in [0.25, 0.3) is 10.9 Å². The van der Waals surface area contributed by atoms with Gasteiger partial charge in [-0.15, -0.1) is 11.8 Å². The smallest absolute Gasteiger partial charge is 0.261 e. The Labute approximate surface area is 184 Å². The Balaban J connectivity index is 1.40. The number of methoxy groups -OCH3 is 2. The van der Waals surface area contributed by atoms with E-state index in [-0.39, 0.29) is 17.5 Å². The van der Waals surface area contributed by atoms with Crippen LogP contribution in [-0.2, 0) is 11.3 Å². The summed E-state index contributed by atoms with van der Waals surface area (Å²) in [6.45, 7) is 0.417. The van der Waals surface area contributed by atoms with Crippen LogP contribution in [0.15, 0.2) is 52.4 Å². The van der Waals surface area contributed by atoms with Crippen LogP contribution in [-0.4, -0.2) is 35.4 Å². The number of nitrogens with zero attached hydrogens (tertiary/aromatic N) is 2. The fraction of sp³-hybridized carbons (Fsp3) is 0.348. The molecule has 31 heavy (non-hydrogen) atoms. The lowest BCUT2D eigenvalue weighted by Gasteiger charge is -2.25. The van der Waals surface area contributed by atoms with E-state index in [0.717, 1.165) is 12.2 Å². The first-order valence-electron chi connectivity index (χ1n) is 10.2. The Bertz CT molecular complexity index is 1160. The van der Waals surface area contributed by atoms with E-state index in [1.807, 2.05) is 23.9 Å². The molecular formula is C23H25N3O4S. The van der Waals surface area contributed by atoms with Gasteiger partial charge in [-0.2, -0.15) is 0 Å². The summed E-state index contributed by atoms with van der Waals surface area (Å²) >= 11 is 1.83. The van der Waals surface area contributed by atoms with Gasteiger partial charge < -0.3 is 14.8 Å². The fourth-order valence-electron chi connectivity index (χ4n) is 3.81. The molecule has 2 aromatic carbocycles. The minimum atomic E-state index is -0.162. The third-order valence-corrected chi connectivity index (χ3v) is 6.55. The Hall–Kier alpha value is -3.00. The van der Waals surface area contributed by atoms with Crippen LogP contribution >= 0.6 is 11.8 Å². The number of amides is 1. The van der Waals surface area contributed by atoms with Crippen molar-refractivity contribution in [2.45, 2.75) is 36.7 Å². The minimum Gasteiger partial charge on any atom is -0.493 e. The number of aromatic nitrogens is 2. The van der Waals surface area contributed by atoms with Crippen LogP contribution in [0.3, 0.4) is 0 Å². The zero-order valence-corrected chi connectivity index (χ0v) is 18.4. The lowest BCUT2D eigenvalue weighted by Crippen LogP contribution is -2.31. The summed E-state index contributed by atoms with van der Waals surface area (Å²) in [6.07, 6.45) is 3.34. The van der Waals surface area contributed by atoms with Crippen LogP contribution < -0.4 is 20.3 Å². The van der Waals surface area contributed by atoms with E-state index in [1.165, 1.54) is 28.5 Å². The van der Waals surface area contributed by atoms with Gasteiger partial charge in [-0.1, -0.05) is 18.2 Å². The second kappa shape index (κ2) is 9.43. The molecule has 1 amide bonds. The van der Waals surface area contributed by atoms with Crippen molar-refractivity contribution in [3.63, 3.8) is 0 Å². The molecule has 4 rings (SSSR count). The molecule has 162 valence electrons. The number of nitrogens with one attached hydrogen (secondary N) is 1. The second-order valence-corrected chi connectivity index (χ2v) is 8.50. The molecular weight excluding hydrogens is 414 g/mol. The fourth-order valence-corrected chi connectivity index (χ4v) is 4.94. The third-order valence-electron chi connectivity index (χ3n) is 5.43. The zero-order valence-electron chi connectivity index (χ0n) is 17.6. The Morgan fingerprint density at radius 1 is 1.23 bits per heavy atom. The van der Waals surface area contributed by atoms with E-state index in [9.17, 15) is 9.59 Å². The quantitative estimate of drug-likeness (QED) is 0.606. The molecule has 0 bridgehead atoms. The molecule has 2 heterocycles. The van der Waals surface area contributed by atoms with E-state index < -0.39 is 0 Å². The number of thioether (sulfide) groups is 1. The predicted octanol–water partition coefficient (Wildman–Crippen LogP) is 3.55. The highest BCUT2D eigenvalue weighted by molar-refractivity contribution is 7.99. The summed E-state index contributed by atoms with van der Waals surface area (Å²) in [5.41, 5.74) is 1.57. The number of rotatable bonds is 7. The van der Waals surface area contributed by atoms with Crippen molar-refractivity contribution in [1.82, 2.24) is 14.9 Å². The van der Waals surface area contributed by atoms with Crippen molar-refractivity contribution < 1.29 is 14.3 Å². The van der Waals surface area contributed by atoms with Crippen molar-refractivity contribution in [3.8, 4) is 11.5 Å². The molecule has 3 aromatic rings. The lowest BCUT2D eigenvalue weighted by molar-refractivity contribution is -0.122. The monoisotopic (exact) mass is 439 g/mol. The van der Waals surface area contributed by atoms with Crippen molar-refractivity contribution in [3.05, 3.63) is 58.6 Å². The number of fused-ring (bicyclic) bond motifs is 2. The summed E-state index contributed by atoms with van der Waals surface area (Å²) in [7, 11) is 3.07. The molecule has 1 aromatic heterocycles. The van der Waals surface area contributed by atoms with Crippen molar-refractivity contribution >= 4 is 28.6 Å². The molecule has 0 radical (unpaired) electrons. The van der Waals surface area contributed by atoms with Gasteiger partial charge in [-0.25, -0.2) is 4.98 Å². The number of aryl methyl sites for hydroxylation is 1. The first-order valence-corrected chi connectivity index (χ1v) is 11.2. The molecule has 0 saturated heterocycles. The molecule has 1 atom stereocenters. The van der Waals surface area contributed by atoms with Crippen molar-refractivity contribution in [2.75, 3.05) is 20.0 Å². The van der Waals surface area contributed by atoms with Crippen LogP contribution in [0.4, 0.5) is 0 Å². The van der Waals surface area contributed by atoms with Gasteiger partial charge in [0, 0.05) is 29.7 Å². The summed E-state index contributed by atoms with van der Waals surface area (Å²) in [6, 6.07) is 11.6. The molecule has 1 aliphatic rings. The normalized spacial score (nSPS) is 15.4. The molecule has 8 heteroatoms. The third kappa shape index (κ3) is 4.54. The van der Waals surface area contributed by atoms with E-state index in [1.54, 1.807) is 19.2 Å². The average molecular weight is 440 g/mol. The zero-order chi connectivity index (χ0) is 21.8. The number of hydrogen-bond donors (Lipinski definition) is 1. The molecule has 1 aliphatic heterocycles. The van der Waals surface area contributed by atoms with Gasteiger partial charge in [0.05, 0.1) is 37.5 Å². The Kier molecular flexibility index (Phi) is 6.46. The summed E-state index contributed by atoms with van der Waals surface area (Å²) in [4.78, 5) is 31.0. The second-order valence-electron chi connectivity index (χ2n) is 7.37. The molecule has 0 spiro atoms.